The van der Waals surface area contributed by atoms with E-state index in [1.54, 1.807) is 0 Å². The molecule has 2 nitrogen and oxygen atoms in total. The minimum absolute atomic E-state index is 0.256. The lowest BCUT2D eigenvalue weighted by Gasteiger charge is -2.28. The van der Waals surface area contributed by atoms with Gasteiger partial charge in [-0.2, -0.15) is 0 Å². The van der Waals surface area contributed by atoms with Gasteiger partial charge < -0.3 is 10.1 Å². The summed E-state index contributed by atoms with van der Waals surface area (Å²) in [4.78, 5) is 0. The zero-order valence-corrected chi connectivity index (χ0v) is 9.54. The minimum atomic E-state index is 0.256. The molecule has 4 atom stereocenters. The zero-order valence-electron chi connectivity index (χ0n) is 9.54. The molecule has 2 aliphatic carbocycles. The molecule has 1 N–H and O–H groups in total. The molecule has 0 aromatic carbocycles. The van der Waals surface area contributed by atoms with Crippen molar-refractivity contribution >= 4 is 0 Å². The molecule has 1 saturated heterocycles. The van der Waals surface area contributed by atoms with Gasteiger partial charge in [-0.05, 0) is 50.5 Å². The van der Waals surface area contributed by atoms with Crippen molar-refractivity contribution in [2.45, 2.75) is 31.7 Å². The standard InChI is InChI=1S/C13H21NO/c1-13(4-5-15-9-13)14-8-12-7-10-2-3-11(12)6-10/h2-3,10-12,14H,4-9H2,1H3. The molecule has 84 valence electrons. The van der Waals surface area contributed by atoms with E-state index in [0.29, 0.717) is 0 Å². The summed E-state index contributed by atoms with van der Waals surface area (Å²) >= 11 is 0. The van der Waals surface area contributed by atoms with Crippen LogP contribution in [-0.4, -0.2) is 25.3 Å². The predicted octanol–water partition coefficient (Wildman–Crippen LogP) is 1.97. The largest absolute Gasteiger partial charge is 0.379 e. The maximum atomic E-state index is 5.46. The van der Waals surface area contributed by atoms with E-state index in [2.05, 4.69) is 24.4 Å². The summed E-state index contributed by atoms with van der Waals surface area (Å²) in [5.74, 6) is 2.65. The molecule has 2 bridgehead atoms. The highest BCUT2D eigenvalue weighted by Gasteiger charge is 2.37. The summed E-state index contributed by atoms with van der Waals surface area (Å²) < 4.78 is 5.46. The second-order valence-corrected chi connectivity index (χ2v) is 5.78. The lowest BCUT2D eigenvalue weighted by molar-refractivity contribution is 0.168. The Hall–Kier alpha value is -0.340. The molecule has 3 rings (SSSR count). The van der Waals surface area contributed by atoms with E-state index in [1.165, 1.54) is 25.8 Å². The highest BCUT2D eigenvalue weighted by atomic mass is 16.5. The third-order valence-electron chi connectivity index (χ3n) is 4.43. The first kappa shape index (κ1) is 9.86. The van der Waals surface area contributed by atoms with E-state index < -0.39 is 0 Å². The molecule has 0 spiro atoms. The molecule has 15 heavy (non-hydrogen) atoms. The Balaban J connectivity index is 1.52. The Morgan fingerprint density at radius 3 is 2.93 bits per heavy atom. The van der Waals surface area contributed by atoms with Gasteiger partial charge in [0.1, 0.15) is 0 Å². The Labute approximate surface area is 92.1 Å². The molecule has 2 fully saturated rings. The normalized spacial score (nSPS) is 47.9. The van der Waals surface area contributed by atoms with Crippen LogP contribution in [0.2, 0.25) is 0 Å². The van der Waals surface area contributed by atoms with Crippen LogP contribution in [0, 0.1) is 17.8 Å². The quantitative estimate of drug-likeness (QED) is 0.714. The molecule has 3 aliphatic rings. The zero-order chi connectivity index (χ0) is 10.3. The molecule has 0 aromatic heterocycles. The van der Waals surface area contributed by atoms with Gasteiger partial charge in [-0.1, -0.05) is 12.2 Å². The monoisotopic (exact) mass is 207 g/mol. The number of nitrogens with one attached hydrogen (secondary N) is 1. The van der Waals surface area contributed by atoms with Crippen LogP contribution >= 0.6 is 0 Å². The summed E-state index contributed by atoms with van der Waals surface area (Å²) in [6.45, 7) is 5.30. The van der Waals surface area contributed by atoms with E-state index >= 15 is 0 Å². The fourth-order valence-corrected chi connectivity index (χ4v) is 3.31. The van der Waals surface area contributed by atoms with Crippen molar-refractivity contribution in [3.05, 3.63) is 12.2 Å². The second-order valence-electron chi connectivity index (χ2n) is 5.78. The minimum Gasteiger partial charge on any atom is -0.379 e. The van der Waals surface area contributed by atoms with Crippen LogP contribution in [0.5, 0.6) is 0 Å². The van der Waals surface area contributed by atoms with Gasteiger partial charge in [0, 0.05) is 12.1 Å². The van der Waals surface area contributed by atoms with Crippen LogP contribution in [0.25, 0.3) is 0 Å². The van der Waals surface area contributed by atoms with Crippen molar-refractivity contribution < 1.29 is 4.74 Å². The number of fused-ring (bicyclic) bond motifs is 2. The summed E-state index contributed by atoms with van der Waals surface area (Å²) in [6, 6.07) is 0. The molecule has 4 unspecified atom stereocenters. The Kier molecular flexibility index (Phi) is 2.37. The fraction of sp³-hybridized carbons (Fsp3) is 0.846. The van der Waals surface area contributed by atoms with Crippen molar-refractivity contribution in [3.8, 4) is 0 Å². The highest BCUT2D eigenvalue weighted by Crippen LogP contribution is 2.43. The lowest BCUT2D eigenvalue weighted by Crippen LogP contribution is -2.45. The van der Waals surface area contributed by atoms with Crippen LogP contribution in [0.15, 0.2) is 12.2 Å². The van der Waals surface area contributed by atoms with E-state index in [-0.39, 0.29) is 5.54 Å². The van der Waals surface area contributed by atoms with E-state index in [4.69, 9.17) is 4.74 Å². The third kappa shape index (κ3) is 1.85. The van der Waals surface area contributed by atoms with Gasteiger partial charge in [0.15, 0.2) is 0 Å². The first-order chi connectivity index (χ1) is 7.25. The lowest BCUT2D eigenvalue weighted by atomic mass is 9.92. The van der Waals surface area contributed by atoms with Crippen LogP contribution in [-0.2, 0) is 4.74 Å². The van der Waals surface area contributed by atoms with Crippen molar-refractivity contribution in [1.82, 2.24) is 5.32 Å². The van der Waals surface area contributed by atoms with Gasteiger partial charge >= 0.3 is 0 Å². The predicted molar refractivity (Wildman–Crippen MR) is 60.7 cm³/mol. The Bertz CT molecular complexity index is 268. The number of ether oxygens (including phenoxy) is 1. The van der Waals surface area contributed by atoms with E-state index in [9.17, 15) is 0 Å². The Morgan fingerprint density at radius 1 is 1.40 bits per heavy atom. The summed E-state index contributed by atoms with van der Waals surface area (Å²) in [5.41, 5.74) is 0.256. The Morgan fingerprint density at radius 2 is 2.33 bits per heavy atom. The van der Waals surface area contributed by atoms with Crippen LogP contribution in [0.3, 0.4) is 0 Å². The first-order valence-corrected chi connectivity index (χ1v) is 6.26. The van der Waals surface area contributed by atoms with Crippen LogP contribution < -0.4 is 5.32 Å². The average molecular weight is 207 g/mol. The van der Waals surface area contributed by atoms with E-state index in [1.807, 2.05) is 0 Å². The number of rotatable bonds is 3. The van der Waals surface area contributed by atoms with Crippen molar-refractivity contribution in [2.24, 2.45) is 17.8 Å². The van der Waals surface area contributed by atoms with Gasteiger partial charge in [0.25, 0.3) is 0 Å². The van der Waals surface area contributed by atoms with Crippen molar-refractivity contribution in [3.63, 3.8) is 0 Å². The number of allylic oxidation sites excluding steroid dienone is 2. The van der Waals surface area contributed by atoms with Crippen molar-refractivity contribution in [1.29, 1.82) is 0 Å². The topological polar surface area (TPSA) is 21.3 Å². The number of hydrogen-bond donors (Lipinski definition) is 1. The second kappa shape index (κ2) is 3.60. The molecular weight excluding hydrogens is 186 g/mol. The molecule has 0 aromatic rings. The molecule has 0 amide bonds. The maximum Gasteiger partial charge on any atom is 0.0646 e. The average Bonchev–Trinajstić information content (AvgIpc) is 2.90. The van der Waals surface area contributed by atoms with Gasteiger partial charge in [0.05, 0.1) is 6.61 Å². The highest BCUT2D eigenvalue weighted by molar-refractivity contribution is 5.10. The molecule has 1 saturated carbocycles. The molecular formula is C13H21NO. The van der Waals surface area contributed by atoms with Gasteiger partial charge in [-0.15, -0.1) is 0 Å². The molecule has 1 heterocycles. The maximum absolute atomic E-state index is 5.46. The third-order valence-corrected chi connectivity index (χ3v) is 4.43. The smallest absolute Gasteiger partial charge is 0.0646 e. The van der Waals surface area contributed by atoms with Crippen LogP contribution in [0.4, 0.5) is 0 Å². The molecule has 2 heteroatoms. The SMILES string of the molecule is CC1(NCC2CC3C=CC2C3)CCOC1. The van der Waals surface area contributed by atoms with E-state index in [0.717, 1.165) is 31.0 Å². The van der Waals surface area contributed by atoms with Gasteiger partial charge in [-0.3, -0.25) is 0 Å². The fourth-order valence-electron chi connectivity index (χ4n) is 3.31. The number of hydrogen-bond acceptors (Lipinski definition) is 2. The summed E-state index contributed by atoms with van der Waals surface area (Å²) in [6.07, 6.45) is 8.85. The molecule has 0 radical (unpaired) electrons. The van der Waals surface area contributed by atoms with Crippen LogP contribution in [0.1, 0.15) is 26.2 Å². The summed E-state index contributed by atoms with van der Waals surface area (Å²) in [5, 5.41) is 3.73. The van der Waals surface area contributed by atoms with Crippen molar-refractivity contribution in [2.75, 3.05) is 19.8 Å². The van der Waals surface area contributed by atoms with Gasteiger partial charge in [0.2, 0.25) is 0 Å². The molecule has 1 aliphatic heterocycles. The summed E-state index contributed by atoms with van der Waals surface area (Å²) in [7, 11) is 0. The first-order valence-electron chi connectivity index (χ1n) is 6.26. The van der Waals surface area contributed by atoms with Gasteiger partial charge in [-0.25, -0.2) is 0 Å².